The van der Waals surface area contributed by atoms with Crippen molar-refractivity contribution in [2.45, 2.75) is 30.3 Å². The smallest absolute Gasteiger partial charge is 0.218 e. The first-order chi connectivity index (χ1) is 13.5. The molecule has 0 saturated carbocycles. The molecule has 0 spiro atoms. The van der Waals surface area contributed by atoms with Gasteiger partial charge in [-0.3, -0.25) is 4.90 Å². The van der Waals surface area contributed by atoms with E-state index in [1.54, 1.807) is 6.07 Å². The van der Waals surface area contributed by atoms with Crippen LogP contribution in [0.1, 0.15) is 18.4 Å². The second-order valence-electron chi connectivity index (χ2n) is 6.78. The van der Waals surface area contributed by atoms with Crippen LogP contribution in [-0.2, 0) is 16.4 Å². The first-order valence-electron chi connectivity index (χ1n) is 9.12. The van der Waals surface area contributed by atoms with E-state index in [0.717, 1.165) is 32.5 Å². The zero-order chi connectivity index (χ0) is 20.0. The number of nitriles is 1. The van der Waals surface area contributed by atoms with Crippen LogP contribution in [0, 0.1) is 11.3 Å². The molecule has 0 atom stereocenters. The third-order valence-electron chi connectivity index (χ3n) is 4.81. The van der Waals surface area contributed by atoms with Crippen LogP contribution in [0.15, 0.2) is 70.6 Å². The van der Waals surface area contributed by atoms with E-state index < -0.39 is 9.84 Å². The van der Waals surface area contributed by atoms with Gasteiger partial charge in [0.25, 0.3) is 0 Å². The molecule has 5 nitrogen and oxygen atoms in total. The maximum atomic E-state index is 12.6. The highest BCUT2D eigenvalue weighted by Crippen LogP contribution is 2.21. The molecule has 0 aliphatic carbocycles. The van der Waals surface area contributed by atoms with Crippen LogP contribution < -0.4 is 5.32 Å². The fraction of sp³-hybridized carbons (Fsp3) is 0.286. The Labute approximate surface area is 171 Å². The van der Waals surface area contributed by atoms with Crippen molar-refractivity contribution in [2.24, 2.45) is 0 Å². The Morgan fingerprint density at radius 1 is 1.14 bits per heavy atom. The summed E-state index contributed by atoms with van der Waals surface area (Å²) >= 11 is 5.81. The lowest BCUT2D eigenvalue weighted by molar-refractivity contribution is 0.197. The average molecular weight is 416 g/mol. The van der Waals surface area contributed by atoms with Gasteiger partial charge in [-0.2, -0.15) is 5.26 Å². The van der Waals surface area contributed by atoms with Crippen LogP contribution in [0.2, 0.25) is 5.02 Å². The predicted molar refractivity (Wildman–Crippen MR) is 110 cm³/mol. The number of halogens is 1. The molecule has 0 unspecified atom stereocenters. The Bertz CT molecular complexity index is 959. The zero-order valence-corrected chi connectivity index (χ0v) is 17.0. The van der Waals surface area contributed by atoms with Crippen molar-refractivity contribution in [3.05, 3.63) is 76.3 Å². The SMILES string of the molecule is N#C/C(=C\NC1CCN(Cc2ccccc2)CC1)S(=O)(=O)c1ccc(Cl)cc1. The highest BCUT2D eigenvalue weighted by atomic mass is 35.5. The van der Waals surface area contributed by atoms with Crippen LogP contribution in [0.25, 0.3) is 0 Å². The minimum atomic E-state index is -3.85. The highest BCUT2D eigenvalue weighted by Gasteiger charge is 2.23. The number of sulfone groups is 1. The molecule has 3 rings (SSSR count). The van der Waals surface area contributed by atoms with Crippen molar-refractivity contribution in [2.75, 3.05) is 13.1 Å². The van der Waals surface area contributed by atoms with Crippen molar-refractivity contribution in [3.63, 3.8) is 0 Å². The van der Waals surface area contributed by atoms with Crippen LogP contribution in [0.3, 0.4) is 0 Å². The topological polar surface area (TPSA) is 73.2 Å². The van der Waals surface area contributed by atoms with Gasteiger partial charge in [0.1, 0.15) is 6.07 Å². The van der Waals surface area contributed by atoms with Gasteiger partial charge < -0.3 is 5.32 Å². The van der Waals surface area contributed by atoms with Crippen molar-refractivity contribution < 1.29 is 8.42 Å². The monoisotopic (exact) mass is 415 g/mol. The fourth-order valence-electron chi connectivity index (χ4n) is 3.20. The van der Waals surface area contributed by atoms with Gasteiger partial charge in [-0.1, -0.05) is 41.9 Å². The van der Waals surface area contributed by atoms with Gasteiger partial charge in [-0.05, 0) is 42.7 Å². The number of hydrogen-bond acceptors (Lipinski definition) is 5. The molecule has 1 fully saturated rings. The molecular formula is C21H22ClN3O2S. The number of rotatable bonds is 6. The first kappa shape index (κ1) is 20.4. The molecule has 0 bridgehead atoms. The lowest BCUT2D eigenvalue weighted by atomic mass is 10.0. The van der Waals surface area contributed by atoms with E-state index in [1.807, 2.05) is 18.2 Å². The molecule has 0 amide bonds. The molecule has 1 heterocycles. The number of allylic oxidation sites excluding steroid dienone is 1. The highest BCUT2D eigenvalue weighted by molar-refractivity contribution is 7.95. The summed E-state index contributed by atoms with van der Waals surface area (Å²) in [6, 6.07) is 18.1. The molecule has 146 valence electrons. The third kappa shape index (κ3) is 5.14. The van der Waals surface area contributed by atoms with E-state index in [9.17, 15) is 13.7 Å². The third-order valence-corrected chi connectivity index (χ3v) is 6.74. The Kier molecular flexibility index (Phi) is 6.74. The summed E-state index contributed by atoms with van der Waals surface area (Å²) in [7, 11) is -3.85. The summed E-state index contributed by atoms with van der Waals surface area (Å²) in [4.78, 5) is 2.15. The zero-order valence-electron chi connectivity index (χ0n) is 15.4. The van der Waals surface area contributed by atoms with Gasteiger partial charge in [0, 0.05) is 36.9 Å². The summed E-state index contributed by atoms with van der Waals surface area (Å²) in [5.41, 5.74) is 1.29. The van der Waals surface area contributed by atoms with E-state index in [0.29, 0.717) is 5.02 Å². The molecule has 2 aromatic rings. The number of hydrogen-bond donors (Lipinski definition) is 1. The standard InChI is InChI=1S/C21H22ClN3O2S/c22-18-6-8-20(9-7-18)28(26,27)21(14-23)15-24-19-10-12-25(13-11-19)16-17-4-2-1-3-5-17/h1-9,15,19,24H,10-13,16H2/b21-15+. The summed E-state index contributed by atoms with van der Waals surface area (Å²) in [5.74, 6) is 0. The van der Waals surface area contributed by atoms with Gasteiger partial charge >= 0.3 is 0 Å². The van der Waals surface area contributed by atoms with E-state index >= 15 is 0 Å². The normalized spacial score (nSPS) is 16.5. The Morgan fingerprint density at radius 2 is 1.79 bits per heavy atom. The largest absolute Gasteiger partial charge is 0.386 e. The van der Waals surface area contributed by atoms with Crippen LogP contribution in [0.5, 0.6) is 0 Å². The van der Waals surface area contributed by atoms with Crippen LogP contribution >= 0.6 is 11.6 Å². The van der Waals surface area contributed by atoms with E-state index in [2.05, 4.69) is 22.3 Å². The quantitative estimate of drug-likeness (QED) is 0.727. The average Bonchev–Trinajstić information content (AvgIpc) is 2.70. The summed E-state index contributed by atoms with van der Waals surface area (Å²) in [5, 5.41) is 12.9. The molecule has 1 aliphatic heterocycles. The molecule has 2 aromatic carbocycles. The number of benzene rings is 2. The second kappa shape index (κ2) is 9.24. The second-order valence-corrected chi connectivity index (χ2v) is 9.13. The molecule has 0 aromatic heterocycles. The summed E-state index contributed by atoms with van der Waals surface area (Å²) in [6.07, 6.45) is 3.12. The van der Waals surface area contributed by atoms with Gasteiger partial charge in [-0.25, -0.2) is 8.42 Å². The number of nitrogens with one attached hydrogen (secondary N) is 1. The number of piperidine rings is 1. The maximum absolute atomic E-state index is 12.6. The van der Waals surface area contributed by atoms with Crippen molar-refractivity contribution in [1.82, 2.24) is 10.2 Å². The van der Waals surface area contributed by atoms with Gasteiger partial charge in [0.2, 0.25) is 9.84 Å². The van der Waals surface area contributed by atoms with Crippen molar-refractivity contribution in [1.29, 1.82) is 5.26 Å². The van der Waals surface area contributed by atoms with Crippen LogP contribution in [-0.4, -0.2) is 32.4 Å². The first-order valence-corrected chi connectivity index (χ1v) is 11.0. The van der Waals surface area contributed by atoms with Crippen LogP contribution in [0.4, 0.5) is 0 Å². The van der Waals surface area contributed by atoms with E-state index in [-0.39, 0.29) is 15.8 Å². The van der Waals surface area contributed by atoms with Crippen molar-refractivity contribution in [3.8, 4) is 6.07 Å². The molecular weight excluding hydrogens is 394 g/mol. The lowest BCUT2D eigenvalue weighted by Gasteiger charge is -2.32. The molecule has 28 heavy (non-hydrogen) atoms. The Morgan fingerprint density at radius 3 is 2.39 bits per heavy atom. The summed E-state index contributed by atoms with van der Waals surface area (Å²) < 4.78 is 25.2. The van der Waals surface area contributed by atoms with E-state index in [4.69, 9.17) is 11.6 Å². The van der Waals surface area contributed by atoms with E-state index in [1.165, 1.54) is 36.0 Å². The Balaban J connectivity index is 1.58. The minimum Gasteiger partial charge on any atom is -0.386 e. The molecule has 7 heteroatoms. The fourth-order valence-corrected chi connectivity index (χ4v) is 4.42. The maximum Gasteiger partial charge on any atom is 0.218 e. The lowest BCUT2D eigenvalue weighted by Crippen LogP contribution is -2.40. The molecule has 1 aliphatic rings. The van der Waals surface area contributed by atoms with Crippen molar-refractivity contribution >= 4 is 21.4 Å². The minimum absolute atomic E-state index is 0.0594. The van der Waals surface area contributed by atoms with Gasteiger partial charge in [0.15, 0.2) is 4.91 Å². The molecule has 0 radical (unpaired) electrons. The number of nitrogens with zero attached hydrogens (tertiary/aromatic N) is 2. The predicted octanol–water partition coefficient (Wildman–Crippen LogP) is 3.73. The Hall–Kier alpha value is -2.33. The number of likely N-dealkylation sites (tertiary alicyclic amines) is 1. The van der Waals surface area contributed by atoms with Gasteiger partial charge in [-0.15, -0.1) is 0 Å². The van der Waals surface area contributed by atoms with Gasteiger partial charge in [0.05, 0.1) is 4.90 Å². The molecule has 1 N–H and O–H groups in total. The summed E-state index contributed by atoms with van der Waals surface area (Å²) in [6.45, 7) is 2.76. The molecule has 1 saturated heterocycles.